The molecule has 0 unspecified atom stereocenters. The molecule has 4 aromatic rings. The summed E-state index contributed by atoms with van der Waals surface area (Å²) in [6, 6.07) is 20.2. The van der Waals surface area contributed by atoms with Crippen molar-refractivity contribution >= 4 is 23.2 Å². The first kappa shape index (κ1) is 22.3. The summed E-state index contributed by atoms with van der Waals surface area (Å²) in [7, 11) is 1.61. The van der Waals surface area contributed by atoms with Gasteiger partial charge in [0.05, 0.1) is 31.6 Å². The molecule has 0 fully saturated rings. The summed E-state index contributed by atoms with van der Waals surface area (Å²) in [5.74, 6) is 0.0851. The van der Waals surface area contributed by atoms with Gasteiger partial charge in [-0.25, -0.2) is 9.48 Å². The first-order valence-corrected chi connectivity index (χ1v) is 11.3. The molecule has 4 rings (SSSR count). The Morgan fingerprint density at radius 3 is 2.45 bits per heavy atom. The zero-order valence-electron chi connectivity index (χ0n) is 18.3. The summed E-state index contributed by atoms with van der Waals surface area (Å²) in [6.45, 7) is 2.50. The lowest BCUT2D eigenvalue weighted by molar-refractivity contribution is 0.0519. The van der Waals surface area contributed by atoms with Crippen molar-refractivity contribution in [2.45, 2.75) is 13.5 Å². The summed E-state index contributed by atoms with van der Waals surface area (Å²) in [5, 5.41) is 9.37. The third-order valence-corrected chi connectivity index (χ3v) is 5.83. The SMILES string of the molecule is CCOC(=O)c1cc(-c2ccc(OC)cc2)n(-c2ccc(C(=O)NCc3cccs3)cc2)n1. The van der Waals surface area contributed by atoms with Gasteiger partial charge >= 0.3 is 5.97 Å². The number of aromatic nitrogens is 2. The van der Waals surface area contributed by atoms with Gasteiger partial charge in [-0.2, -0.15) is 5.10 Å². The van der Waals surface area contributed by atoms with Crippen LogP contribution in [-0.2, 0) is 11.3 Å². The largest absolute Gasteiger partial charge is 0.497 e. The van der Waals surface area contributed by atoms with Gasteiger partial charge < -0.3 is 14.8 Å². The van der Waals surface area contributed by atoms with E-state index in [0.29, 0.717) is 17.8 Å². The molecule has 0 aliphatic carbocycles. The molecule has 0 saturated carbocycles. The van der Waals surface area contributed by atoms with Gasteiger partial charge in [-0.05, 0) is 73.0 Å². The molecule has 0 spiro atoms. The van der Waals surface area contributed by atoms with E-state index in [-0.39, 0.29) is 18.2 Å². The van der Waals surface area contributed by atoms with Crippen molar-refractivity contribution in [3.05, 3.63) is 88.2 Å². The fourth-order valence-electron chi connectivity index (χ4n) is 3.29. The summed E-state index contributed by atoms with van der Waals surface area (Å²) >= 11 is 1.60. The summed E-state index contributed by atoms with van der Waals surface area (Å²) in [5.41, 5.74) is 3.04. The van der Waals surface area contributed by atoms with Gasteiger partial charge in [-0.1, -0.05) is 6.07 Å². The Morgan fingerprint density at radius 2 is 1.82 bits per heavy atom. The number of thiophene rings is 1. The van der Waals surface area contributed by atoms with Gasteiger partial charge in [0.25, 0.3) is 5.91 Å². The topological polar surface area (TPSA) is 82.5 Å². The van der Waals surface area contributed by atoms with Gasteiger partial charge in [-0.3, -0.25) is 4.79 Å². The minimum Gasteiger partial charge on any atom is -0.497 e. The Labute approximate surface area is 195 Å². The Bertz CT molecular complexity index is 1230. The highest BCUT2D eigenvalue weighted by Crippen LogP contribution is 2.26. The zero-order chi connectivity index (χ0) is 23.2. The van der Waals surface area contributed by atoms with E-state index in [2.05, 4.69) is 10.4 Å². The zero-order valence-corrected chi connectivity index (χ0v) is 19.1. The molecule has 0 aliphatic heterocycles. The van der Waals surface area contributed by atoms with Crippen LogP contribution in [0, 0.1) is 0 Å². The smallest absolute Gasteiger partial charge is 0.358 e. The molecule has 2 aromatic heterocycles. The van der Waals surface area contributed by atoms with Crippen molar-refractivity contribution in [2.24, 2.45) is 0 Å². The van der Waals surface area contributed by atoms with Crippen molar-refractivity contribution in [2.75, 3.05) is 13.7 Å². The van der Waals surface area contributed by atoms with E-state index >= 15 is 0 Å². The number of methoxy groups -OCH3 is 1. The van der Waals surface area contributed by atoms with Crippen molar-refractivity contribution < 1.29 is 19.1 Å². The number of carbonyl (C=O) groups excluding carboxylic acids is 2. The van der Waals surface area contributed by atoms with Crippen molar-refractivity contribution in [1.29, 1.82) is 0 Å². The molecule has 168 valence electrons. The molecule has 33 heavy (non-hydrogen) atoms. The van der Waals surface area contributed by atoms with Crippen LogP contribution in [0.2, 0.25) is 0 Å². The van der Waals surface area contributed by atoms with Gasteiger partial charge in [0.2, 0.25) is 0 Å². The van der Waals surface area contributed by atoms with Crippen LogP contribution in [0.1, 0.15) is 32.6 Å². The molecule has 0 atom stereocenters. The van der Waals surface area contributed by atoms with Crippen LogP contribution < -0.4 is 10.1 Å². The average Bonchev–Trinajstić information content (AvgIpc) is 3.53. The molecule has 1 N–H and O–H groups in total. The Balaban J connectivity index is 1.62. The van der Waals surface area contributed by atoms with Crippen LogP contribution in [-0.4, -0.2) is 35.4 Å². The average molecular weight is 462 g/mol. The van der Waals surface area contributed by atoms with Gasteiger partial charge in [-0.15, -0.1) is 11.3 Å². The number of nitrogens with zero attached hydrogens (tertiary/aromatic N) is 2. The first-order chi connectivity index (χ1) is 16.1. The highest BCUT2D eigenvalue weighted by molar-refractivity contribution is 7.09. The second-order valence-corrected chi connectivity index (χ2v) is 8.12. The van der Waals surface area contributed by atoms with E-state index in [4.69, 9.17) is 9.47 Å². The van der Waals surface area contributed by atoms with Crippen molar-refractivity contribution in [3.63, 3.8) is 0 Å². The Hall–Kier alpha value is -3.91. The van der Waals surface area contributed by atoms with Crippen molar-refractivity contribution in [3.8, 4) is 22.7 Å². The predicted molar refractivity (Wildman–Crippen MR) is 127 cm³/mol. The molecule has 0 radical (unpaired) electrons. The molecule has 2 heterocycles. The quantitative estimate of drug-likeness (QED) is 0.384. The van der Waals surface area contributed by atoms with Crippen LogP contribution >= 0.6 is 11.3 Å². The van der Waals surface area contributed by atoms with E-state index < -0.39 is 5.97 Å². The lowest BCUT2D eigenvalue weighted by atomic mass is 10.1. The molecule has 0 saturated heterocycles. The maximum absolute atomic E-state index is 12.5. The third kappa shape index (κ3) is 5.12. The van der Waals surface area contributed by atoms with E-state index in [9.17, 15) is 9.59 Å². The second kappa shape index (κ2) is 10.1. The van der Waals surface area contributed by atoms with Gasteiger partial charge in [0, 0.05) is 16.0 Å². The molecule has 2 aromatic carbocycles. The Kier molecular flexibility index (Phi) is 6.85. The number of amides is 1. The number of ether oxygens (including phenoxy) is 2. The summed E-state index contributed by atoms with van der Waals surface area (Å²) < 4.78 is 12.0. The van der Waals surface area contributed by atoms with E-state index in [1.54, 1.807) is 60.4 Å². The van der Waals surface area contributed by atoms with Crippen LogP contribution in [0.3, 0.4) is 0 Å². The monoisotopic (exact) mass is 461 g/mol. The second-order valence-electron chi connectivity index (χ2n) is 7.08. The highest BCUT2D eigenvalue weighted by Gasteiger charge is 2.18. The number of esters is 1. The molecule has 0 aliphatic rings. The molecular formula is C25H23N3O4S. The standard InChI is InChI=1S/C25H23N3O4S/c1-3-32-25(30)22-15-23(17-8-12-20(31-2)13-9-17)28(27-22)19-10-6-18(7-11-19)24(29)26-16-21-5-4-14-33-21/h4-15H,3,16H2,1-2H3,(H,26,29). The lowest BCUT2D eigenvalue weighted by Crippen LogP contribution is -2.22. The third-order valence-electron chi connectivity index (χ3n) is 4.96. The fourth-order valence-corrected chi connectivity index (χ4v) is 3.93. The Morgan fingerprint density at radius 1 is 1.06 bits per heavy atom. The van der Waals surface area contributed by atoms with Crippen LogP contribution in [0.25, 0.3) is 16.9 Å². The lowest BCUT2D eigenvalue weighted by Gasteiger charge is -2.09. The summed E-state index contributed by atoms with van der Waals surface area (Å²) in [4.78, 5) is 25.9. The predicted octanol–water partition coefficient (Wildman–Crippen LogP) is 4.72. The fraction of sp³-hybridized carbons (Fsp3) is 0.160. The van der Waals surface area contributed by atoms with Crippen LogP contribution in [0.15, 0.2) is 72.1 Å². The van der Waals surface area contributed by atoms with E-state index in [1.165, 1.54) is 0 Å². The number of hydrogen-bond acceptors (Lipinski definition) is 6. The molecule has 0 bridgehead atoms. The summed E-state index contributed by atoms with van der Waals surface area (Å²) in [6.07, 6.45) is 0. The highest BCUT2D eigenvalue weighted by atomic mass is 32.1. The maximum Gasteiger partial charge on any atom is 0.358 e. The number of benzene rings is 2. The number of hydrogen-bond donors (Lipinski definition) is 1. The maximum atomic E-state index is 12.5. The number of nitrogens with one attached hydrogen (secondary N) is 1. The minimum absolute atomic E-state index is 0.155. The normalized spacial score (nSPS) is 10.6. The van der Waals surface area contributed by atoms with Gasteiger partial charge in [0.1, 0.15) is 5.75 Å². The molecule has 7 nitrogen and oxygen atoms in total. The first-order valence-electron chi connectivity index (χ1n) is 10.4. The minimum atomic E-state index is -0.490. The number of carbonyl (C=O) groups is 2. The molecule has 1 amide bonds. The molecular weight excluding hydrogens is 438 g/mol. The van der Waals surface area contributed by atoms with Gasteiger partial charge in [0.15, 0.2) is 5.69 Å². The van der Waals surface area contributed by atoms with Crippen molar-refractivity contribution in [1.82, 2.24) is 15.1 Å². The van der Waals surface area contributed by atoms with E-state index in [1.807, 2.05) is 41.8 Å². The number of rotatable bonds is 8. The van der Waals surface area contributed by atoms with Crippen LogP contribution in [0.5, 0.6) is 5.75 Å². The van der Waals surface area contributed by atoms with Crippen LogP contribution in [0.4, 0.5) is 0 Å². The molecule has 8 heteroatoms. The van der Waals surface area contributed by atoms with E-state index in [0.717, 1.165) is 21.9 Å².